The maximum atomic E-state index is 13.7. The van der Waals surface area contributed by atoms with Crippen molar-refractivity contribution in [3.05, 3.63) is 69.8 Å². The van der Waals surface area contributed by atoms with E-state index in [1.165, 1.54) is 29.2 Å². The van der Waals surface area contributed by atoms with Crippen LogP contribution in [0.5, 0.6) is 5.75 Å². The number of sulfone groups is 1. The normalized spacial score (nSPS) is 16.6. The van der Waals surface area contributed by atoms with Gasteiger partial charge < -0.3 is 19.6 Å². The number of likely N-dealkylation sites (N-methyl/N-ethyl adjacent to an activating group) is 1. The number of aliphatic hydroxyl groups is 1. The molecule has 0 aromatic heterocycles. The summed E-state index contributed by atoms with van der Waals surface area (Å²) in [5, 5.41) is 11.2. The predicted molar refractivity (Wildman–Crippen MR) is 133 cm³/mol. The summed E-state index contributed by atoms with van der Waals surface area (Å²) in [7, 11) is -4.19. The molecule has 1 aliphatic rings. The largest absolute Gasteiger partial charge is 0.502 e. The number of carbonyl (C=O) groups is 1. The Balaban J connectivity index is 2.10. The van der Waals surface area contributed by atoms with Crippen molar-refractivity contribution in [1.29, 1.82) is 0 Å². The molecule has 0 spiro atoms. The number of nitrogens with zero attached hydrogens (tertiary/aromatic N) is 2. The van der Waals surface area contributed by atoms with Crippen LogP contribution >= 0.6 is 11.6 Å². The molecule has 1 atom stereocenters. The van der Waals surface area contributed by atoms with Crippen LogP contribution in [-0.2, 0) is 14.6 Å². The van der Waals surface area contributed by atoms with Crippen molar-refractivity contribution in [3.8, 4) is 5.75 Å². The van der Waals surface area contributed by atoms with E-state index >= 15 is 0 Å². The van der Waals surface area contributed by atoms with Crippen LogP contribution in [-0.4, -0.2) is 62.0 Å². The van der Waals surface area contributed by atoms with Crippen LogP contribution in [0.1, 0.15) is 38.8 Å². The van der Waals surface area contributed by atoms with Crippen LogP contribution in [0.4, 0.5) is 0 Å². The molecule has 1 aliphatic heterocycles. The second-order valence-corrected chi connectivity index (χ2v) is 10.4. The zero-order valence-corrected chi connectivity index (χ0v) is 21.3. The number of hydrogen-bond acceptors (Lipinski definition) is 6. The zero-order valence-electron chi connectivity index (χ0n) is 19.7. The first-order valence-electron chi connectivity index (χ1n) is 11.4. The van der Waals surface area contributed by atoms with Crippen LogP contribution in [0.25, 0.3) is 0 Å². The average Bonchev–Trinajstić information content (AvgIpc) is 3.09. The number of carbonyl (C=O) groups excluding carboxylic acids is 1. The molecule has 2 aromatic rings. The van der Waals surface area contributed by atoms with Crippen molar-refractivity contribution < 1.29 is 23.1 Å². The summed E-state index contributed by atoms with van der Waals surface area (Å²) in [6.45, 7) is 8.93. The summed E-state index contributed by atoms with van der Waals surface area (Å²) in [6, 6.07) is 11.7. The van der Waals surface area contributed by atoms with Crippen LogP contribution in [0.2, 0.25) is 5.02 Å². The summed E-state index contributed by atoms with van der Waals surface area (Å²) in [5.74, 6) is -0.880. The first-order chi connectivity index (χ1) is 16.2. The van der Waals surface area contributed by atoms with Gasteiger partial charge in [0.15, 0.2) is 5.76 Å². The first-order valence-corrected chi connectivity index (χ1v) is 13.3. The molecule has 0 fully saturated rings. The Labute approximate surface area is 206 Å². The minimum atomic E-state index is -4.19. The van der Waals surface area contributed by atoms with Gasteiger partial charge in [0.2, 0.25) is 9.84 Å². The highest BCUT2D eigenvalue weighted by molar-refractivity contribution is 7.95. The maximum Gasteiger partial charge on any atom is 0.290 e. The average molecular weight is 507 g/mol. The molecule has 0 bridgehead atoms. The van der Waals surface area contributed by atoms with Crippen molar-refractivity contribution in [2.75, 3.05) is 32.8 Å². The SMILES string of the molecule is CCCOc1cccc([C@H]2C(S(=O)(=O)c3ccc(Cl)cc3)=C(O)C(=O)N2CCN(CC)CC)c1. The molecule has 184 valence electrons. The molecule has 0 aliphatic carbocycles. The molecule has 1 heterocycles. The third kappa shape index (κ3) is 5.40. The van der Waals surface area contributed by atoms with Crippen LogP contribution in [0.3, 0.4) is 0 Å². The van der Waals surface area contributed by atoms with Gasteiger partial charge in [0.05, 0.1) is 17.5 Å². The number of rotatable bonds is 11. The second kappa shape index (κ2) is 11.3. The highest BCUT2D eigenvalue weighted by atomic mass is 35.5. The minimum absolute atomic E-state index is 0.0415. The van der Waals surface area contributed by atoms with E-state index in [-0.39, 0.29) is 16.3 Å². The van der Waals surface area contributed by atoms with Gasteiger partial charge >= 0.3 is 0 Å². The molecule has 1 amide bonds. The maximum absolute atomic E-state index is 13.7. The Kier molecular flexibility index (Phi) is 8.62. The smallest absolute Gasteiger partial charge is 0.290 e. The monoisotopic (exact) mass is 506 g/mol. The van der Waals surface area contributed by atoms with Gasteiger partial charge in [-0.1, -0.05) is 44.5 Å². The van der Waals surface area contributed by atoms with Crippen molar-refractivity contribution in [2.24, 2.45) is 0 Å². The van der Waals surface area contributed by atoms with Crippen molar-refractivity contribution >= 4 is 27.3 Å². The van der Waals surface area contributed by atoms with E-state index in [0.717, 1.165) is 19.5 Å². The van der Waals surface area contributed by atoms with Gasteiger partial charge in [0.25, 0.3) is 5.91 Å². The van der Waals surface area contributed by atoms with Crippen LogP contribution in [0, 0.1) is 0 Å². The lowest BCUT2D eigenvalue weighted by Gasteiger charge is -2.29. The molecular weight excluding hydrogens is 476 g/mol. The Morgan fingerprint density at radius 1 is 1.09 bits per heavy atom. The van der Waals surface area contributed by atoms with E-state index < -0.39 is 27.5 Å². The van der Waals surface area contributed by atoms with Gasteiger partial charge in [0, 0.05) is 18.1 Å². The van der Waals surface area contributed by atoms with E-state index in [2.05, 4.69) is 4.90 Å². The third-order valence-electron chi connectivity index (χ3n) is 5.87. The molecule has 3 rings (SSSR count). The quantitative estimate of drug-likeness (QED) is 0.479. The lowest BCUT2D eigenvalue weighted by atomic mass is 10.1. The summed E-state index contributed by atoms with van der Waals surface area (Å²) in [4.78, 5) is 16.4. The summed E-state index contributed by atoms with van der Waals surface area (Å²) >= 11 is 5.94. The van der Waals surface area contributed by atoms with Gasteiger partial charge in [-0.05, 0) is 61.5 Å². The number of ether oxygens (including phenoxy) is 1. The lowest BCUT2D eigenvalue weighted by molar-refractivity contribution is -0.129. The Morgan fingerprint density at radius 2 is 1.76 bits per heavy atom. The molecule has 9 heteroatoms. The minimum Gasteiger partial charge on any atom is -0.502 e. The molecule has 0 saturated carbocycles. The fourth-order valence-corrected chi connectivity index (χ4v) is 5.76. The molecule has 0 radical (unpaired) electrons. The summed E-state index contributed by atoms with van der Waals surface area (Å²) < 4.78 is 33.1. The van der Waals surface area contributed by atoms with E-state index in [1.54, 1.807) is 24.3 Å². The summed E-state index contributed by atoms with van der Waals surface area (Å²) in [5.41, 5.74) is 0.554. The predicted octanol–water partition coefficient (Wildman–Crippen LogP) is 4.60. The number of halogens is 1. The summed E-state index contributed by atoms with van der Waals surface area (Å²) in [6.07, 6.45) is 0.818. The number of amides is 1. The van der Waals surface area contributed by atoms with Crippen molar-refractivity contribution in [2.45, 2.75) is 38.1 Å². The molecule has 1 N–H and O–H groups in total. The van der Waals surface area contributed by atoms with E-state index in [1.807, 2.05) is 20.8 Å². The van der Waals surface area contributed by atoms with E-state index in [0.29, 0.717) is 29.5 Å². The standard InChI is InChI=1S/C25H31ClN2O5S/c1-4-16-33-20-9-7-8-18(17-20)22-24(34(31,32)21-12-10-19(26)11-13-21)23(29)25(30)28(22)15-14-27(5-2)6-3/h7-13,17,22,29H,4-6,14-16H2,1-3H3/t22-/m0/s1. The van der Waals surface area contributed by atoms with Gasteiger partial charge in [-0.2, -0.15) is 0 Å². The third-order valence-corrected chi connectivity index (χ3v) is 8.01. The highest BCUT2D eigenvalue weighted by Crippen LogP contribution is 2.43. The number of aliphatic hydroxyl groups excluding tert-OH is 1. The van der Waals surface area contributed by atoms with Crippen molar-refractivity contribution in [1.82, 2.24) is 9.80 Å². The van der Waals surface area contributed by atoms with Crippen molar-refractivity contribution in [3.63, 3.8) is 0 Å². The molecule has 0 saturated heterocycles. The second-order valence-electron chi connectivity index (χ2n) is 8.02. The fraction of sp³-hybridized carbons (Fsp3) is 0.400. The van der Waals surface area contributed by atoms with E-state index in [4.69, 9.17) is 16.3 Å². The molecule has 7 nitrogen and oxygen atoms in total. The molecule has 34 heavy (non-hydrogen) atoms. The molecule has 2 aromatic carbocycles. The van der Waals surface area contributed by atoms with Gasteiger partial charge in [0.1, 0.15) is 10.7 Å². The van der Waals surface area contributed by atoms with Gasteiger partial charge in [-0.25, -0.2) is 8.42 Å². The fourth-order valence-electron chi connectivity index (χ4n) is 3.99. The molecule has 0 unspecified atom stereocenters. The van der Waals surface area contributed by atoms with Gasteiger partial charge in [-0.15, -0.1) is 0 Å². The van der Waals surface area contributed by atoms with Crippen LogP contribution < -0.4 is 4.74 Å². The number of benzene rings is 2. The Bertz CT molecular complexity index is 1140. The number of hydrogen-bond donors (Lipinski definition) is 1. The Morgan fingerprint density at radius 3 is 2.38 bits per heavy atom. The first kappa shape index (κ1) is 26.1. The van der Waals surface area contributed by atoms with Gasteiger partial charge in [-0.3, -0.25) is 4.79 Å². The topological polar surface area (TPSA) is 87.2 Å². The lowest BCUT2D eigenvalue weighted by Crippen LogP contribution is -2.38. The molecular formula is C25H31ClN2O5S. The highest BCUT2D eigenvalue weighted by Gasteiger charge is 2.46. The van der Waals surface area contributed by atoms with Crippen LogP contribution in [0.15, 0.2) is 64.1 Å². The zero-order chi connectivity index (χ0) is 24.9. The Hall–Kier alpha value is -2.55. The van der Waals surface area contributed by atoms with E-state index in [9.17, 15) is 18.3 Å².